The number of aliphatic carboxylic acids is 1. The first-order valence-electron chi connectivity index (χ1n) is 9.75. The third-order valence-corrected chi connectivity index (χ3v) is 4.06. The van der Waals surface area contributed by atoms with Crippen molar-refractivity contribution in [2.45, 2.75) is 85.0 Å². The Morgan fingerprint density at radius 1 is 0.875 bits per heavy atom. The van der Waals surface area contributed by atoms with Crippen molar-refractivity contribution < 1.29 is 9.90 Å². The molecule has 138 valence electrons. The van der Waals surface area contributed by atoms with E-state index in [2.05, 4.69) is 57.2 Å². The third-order valence-electron chi connectivity index (χ3n) is 4.06. The molecule has 0 saturated heterocycles. The Kier molecular flexibility index (Phi) is 15.6. The average Bonchev–Trinajstić information content (AvgIpc) is 2.53. The molecule has 0 aliphatic heterocycles. The number of carboxylic acid groups (broad SMARTS) is 1. The Morgan fingerprint density at radius 2 is 1.46 bits per heavy atom. The second-order valence-corrected chi connectivity index (χ2v) is 6.95. The van der Waals surface area contributed by atoms with Crippen LogP contribution in [0.25, 0.3) is 0 Å². The fourth-order valence-electron chi connectivity index (χ4n) is 2.74. The summed E-state index contributed by atoms with van der Waals surface area (Å²) < 4.78 is 0. The first-order valence-corrected chi connectivity index (χ1v) is 9.75. The Balaban J connectivity index is 3.54. The Hall–Kier alpha value is -1.31. The number of carboxylic acids is 1. The maximum atomic E-state index is 11.2. The van der Waals surface area contributed by atoms with Crippen molar-refractivity contribution in [3.63, 3.8) is 0 Å². The summed E-state index contributed by atoms with van der Waals surface area (Å²) in [4.78, 5) is 11.2. The Morgan fingerprint density at radius 3 is 2.04 bits per heavy atom. The number of hydrogen-bond donors (Lipinski definition) is 1. The summed E-state index contributed by atoms with van der Waals surface area (Å²) >= 11 is 0. The van der Waals surface area contributed by atoms with Gasteiger partial charge in [-0.05, 0) is 50.9 Å². The second-order valence-electron chi connectivity index (χ2n) is 6.95. The van der Waals surface area contributed by atoms with Gasteiger partial charge in [0.05, 0.1) is 5.92 Å². The second kappa shape index (κ2) is 16.5. The number of rotatable bonds is 15. The predicted octanol–water partition coefficient (Wildman–Crippen LogP) is 6.93. The summed E-state index contributed by atoms with van der Waals surface area (Å²) in [6.45, 7) is 6.35. The molecule has 1 atom stereocenters. The standard InChI is InChI=1S/C22H38O2/c1-4-5-6-7-8-9-10-11-12-13-14-15-16-17-18-21(22(23)24)19-20(2)3/h5-6,8-9,11-12,20-21H,4,7,10,13-19H2,1-3H3,(H,23,24)/b6-5-,9-8-,12-11-. The molecule has 0 rings (SSSR count). The minimum Gasteiger partial charge on any atom is -0.481 e. The third kappa shape index (κ3) is 15.6. The molecule has 0 fully saturated rings. The van der Waals surface area contributed by atoms with Crippen molar-refractivity contribution in [1.29, 1.82) is 0 Å². The van der Waals surface area contributed by atoms with Gasteiger partial charge in [0.15, 0.2) is 0 Å². The molecule has 1 unspecified atom stereocenters. The van der Waals surface area contributed by atoms with Crippen molar-refractivity contribution in [3.8, 4) is 0 Å². The number of unbranched alkanes of at least 4 members (excludes halogenated alkanes) is 4. The molecule has 0 radical (unpaired) electrons. The monoisotopic (exact) mass is 334 g/mol. The number of allylic oxidation sites excluding steroid dienone is 6. The molecule has 0 bridgehead atoms. The molecule has 0 aromatic carbocycles. The highest BCUT2D eigenvalue weighted by Gasteiger charge is 2.17. The van der Waals surface area contributed by atoms with Crippen molar-refractivity contribution in [3.05, 3.63) is 36.5 Å². The van der Waals surface area contributed by atoms with Gasteiger partial charge in [-0.1, -0.05) is 76.5 Å². The van der Waals surface area contributed by atoms with Gasteiger partial charge in [-0.2, -0.15) is 0 Å². The summed E-state index contributed by atoms with van der Waals surface area (Å²) in [5.74, 6) is -0.304. The summed E-state index contributed by atoms with van der Waals surface area (Å²) in [7, 11) is 0. The molecule has 0 saturated carbocycles. The van der Waals surface area contributed by atoms with Crippen LogP contribution in [-0.2, 0) is 4.79 Å². The molecular weight excluding hydrogens is 296 g/mol. The van der Waals surface area contributed by atoms with Crippen LogP contribution in [0.2, 0.25) is 0 Å². The lowest BCUT2D eigenvalue weighted by atomic mass is 9.92. The van der Waals surface area contributed by atoms with E-state index < -0.39 is 5.97 Å². The zero-order valence-corrected chi connectivity index (χ0v) is 16.0. The van der Waals surface area contributed by atoms with Crippen molar-refractivity contribution >= 4 is 5.97 Å². The van der Waals surface area contributed by atoms with E-state index in [4.69, 9.17) is 0 Å². The highest BCUT2D eigenvalue weighted by Crippen LogP contribution is 2.19. The molecule has 1 N–H and O–H groups in total. The summed E-state index contributed by atoms with van der Waals surface area (Å²) in [5.41, 5.74) is 0. The van der Waals surface area contributed by atoms with Crippen LogP contribution < -0.4 is 0 Å². The van der Waals surface area contributed by atoms with Gasteiger partial charge >= 0.3 is 5.97 Å². The fourth-order valence-corrected chi connectivity index (χ4v) is 2.74. The molecule has 0 spiro atoms. The van der Waals surface area contributed by atoms with Crippen LogP contribution in [0.3, 0.4) is 0 Å². The molecule has 24 heavy (non-hydrogen) atoms. The first kappa shape index (κ1) is 22.7. The van der Waals surface area contributed by atoms with Crippen molar-refractivity contribution in [2.24, 2.45) is 11.8 Å². The smallest absolute Gasteiger partial charge is 0.306 e. The normalized spacial score (nSPS) is 13.7. The van der Waals surface area contributed by atoms with Crippen LogP contribution in [-0.4, -0.2) is 11.1 Å². The van der Waals surface area contributed by atoms with Crippen LogP contribution in [0.1, 0.15) is 85.0 Å². The Labute approximate surface area is 149 Å². The molecule has 0 aromatic heterocycles. The van der Waals surface area contributed by atoms with Gasteiger partial charge in [-0.15, -0.1) is 0 Å². The molecule has 0 aliphatic rings. The van der Waals surface area contributed by atoms with Gasteiger partial charge in [-0.3, -0.25) is 4.79 Å². The van der Waals surface area contributed by atoms with E-state index in [0.29, 0.717) is 5.92 Å². The zero-order chi connectivity index (χ0) is 18.0. The molecule has 0 aliphatic carbocycles. The molecule has 0 amide bonds. The van der Waals surface area contributed by atoms with E-state index >= 15 is 0 Å². The van der Waals surface area contributed by atoms with Crippen LogP contribution in [0.15, 0.2) is 36.5 Å². The fraction of sp³-hybridized carbons (Fsp3) is 0.682. The quantitative estimate of drug-likeness (QED) is 0.260. The van der Waals surface area contributed by atoms with Gasteiger partial charge in [0.2, 0.25) is 0 Å². The van der Waals surface area contributed by atoms with Crippen LogP contribution in [0.5, 0.6) is 0 Å². The minimum atomic E-state index is -0.620. The highest BCUT2D eigenvalue weighted by atomic mass is 16.4. The van der Waals surface area contributed by atoms with Crippen molar-refractivity contribution in [2.75, 3.05) is 0 Å². The lowest BCUT2D eigenvalue weighted by Gasteiger charge is -2.14. The zero-order valence-electron chi connectivity index (χ0n) is 16.0. The molecular formula is C22H38O2. The lowest BCUT2D eigenvalue weighted by Crippen LogP contribution is -2.15. The highest BCUT2D eigenvalue weighted by molar-refractivity contribution is 5.69. The van der Waals surface area contributed by atoms with E-state index in [-0.39, 0.29) is 5.92 Å². The van der Waals surface area contributed by atoms with E-state index in [1.54, 1.807) is 0 Å². The molecule has 0 aromatic rings. The molecule has 0 heterocycles. The van der Waals surface area contributed by atoms with Gasteiger partial charge in [0.1, 0.15) is 0 Å². The van der Waals surface area contributed by atoms with Crippen LogP contribution >= 0.6 is 0 Å². The summed E-state index contributed by atoms with van der Waals surface area (Å²) in [6.07, 6.45) is 23.9. The minimum absolute atomic E-state index is 0.149. The largest absolute Gasteiger partial charge is 0.481 e. The van der Waals surface area contributed by atoms with Crippen molar-refractivity contribution in [1.82, 2.24) is 0 Å². The molecule has 2 heteroatoms. The summed E-state index contributed by atoms with van der Waals surface area (Å²) in [5, 5.41) is 9.21. The van der Waals surface area contributed by atoms with E-state index in [1.807, 2.05) is 0 Å². The van der Waals surface area contributed by atoms with Crippen LogP contribution in [0.4, 0.5) is 0 Å². The van der Waals surface area contributed by atoms with Gasteiger partial charge in [-0.25, -0.2) is 0 Å². The van der Waals surface area contributed by atoms with Gasteiger partial charge in [0, 0.05) is 0 Å². The number of carbonyl (C=O) groups is 1. The number of hydrogen-bond acceptors (Lipinski definition) is 1. The molecule has 2 nitrogen and oxygen atoms in total. The van der Waals surface area contributed by atoms with Gasteiger partial charge < -0.3 is 5.11 Å². The maximum Gasteiger partial charge on any atom is 0.306 e. The predicted molar refractivity (Wildman–Crippen MR) is 105 cm³/mol. The summed E-state index contributed by atoms with van der Waals surface area (Å²) in [6, 6.07) is 0. The van der Waals surface area contributed by atoms with E-state index in [9.17, 15) is 9.90 Å². The van der Waals surface area contributed by atoms with Gasteiger partial charge in [0.25, 0.3) is 0 Å². The topological polar surface area (TPSA) is 37.3 Å². The lowest BCUT2D eigenvalue weighted by molar-refractivity contribution is -0.142. The van der Waals surface area contributed by atoms with Crippen LogP contribution in [0, 0.1) is 11.8 Å². The van der Waals surface area contributed by atoms with E-state index in [0.717, 1.165) is 51.4 Å². The Bertz CT molecular complexity index is 377. The van der Waals surface area contributed by atoms with E-state index in [1.165, 1.54) is 12.8 Å². The maximum absolute atomic E-state index is 11.2. The SMILES string of the molecule is CC/C=C\C/C=C\C/C=C\CCCCCCC(CC(C)C)C(=O)O. The first-order chi connectivity index (χ1) is 11.6. The average molecular weight is 335 g/mol.